The molecule has 0 amide bonds. The summed E-state index contributed by atoms with van der Waals surface area (Å²) in [6.45, 7) is 1.02. The number of ether oxygens (including phenoxy) is 2. The first-order chi connectivity index (χ1) is 9.15. The number of hydrogen-bond acceptors (Lipinski definition) is 4. The Morgan fingerprint density at radius 1 is 1.16 bits per heavy atom. The van der Waals surface area contributed by atoms with E-state index < -0.39 is 6.10 Å². The predicted molar refractivity (Wildman–Crippen MR) is 72.9 cm³/mol. The molecule has 1 aromatic carbocycles. The first-order valence-corrected chi connectivity index (χ1v) is 6.84. The minimum absolute atomic E-state index is 0.239. The van der Waals surface area contributed by atoms with Crippen molar-refractivity contribution in [3.8, 4) is 11.5 Å². The van der Waals surface area contributed by atoms with Gasteiger partial charge in [0.2, 0.25) is 0 Å². The molecule has 0 bridgehead atoms. The molecule has 6 heteroatoms. The van der Waals surface area contributed by atoms with E-state index in [1.807, 2.05) is 0 Å². The van der Waals surface area contributed by atoms with Crippen molar-refractivity contribution in [2.24, 2.45) is 0 Å². The van der Waals surface area contributed by atoms with Crippen molar-refractivity contribution in [2.45, 2.75) is 6.10 Å². The maximum Gasteiger partial charge on any atom is 0.193 e. The highest BCUT2D eigenvalue weighted by Gasteiger charge is 2.22. The van der Waals surface area contributed by atoms with Gasteiger partial charge in [0.05, 0.1) is 0 Å². The van der Waals surface area contributed by atoms with Crippen LogP contribution in [0.15, 0.2) is 33.2 Å². The van der Waals surface area contributed by atoms with Gasteiger partial charge in [-0.05, 0) is 35.9 Å². The van der Waals surface area contributed by atoms with Gasteiger partial charge in [-0.2, -0.15) is 0 Å². The topological polar surface area (TPSA) is 51.8 Å². The fourth-order valence-corrected chi connectivity index (χ4v) is 2.61. The molecule has 2 aromatic rings. The van der Waals surface area contributed by atoms with E-state index in [0.29, 0.717) is 36.0 Å². The number of rotatable bonds is 2. The minimum Gasteiger partial charge on any atom is -0.486 e. The maximum absolute atomic E-state index is 10.3. The number of furan rings is 1. The molecule has 3 rings (SSSR count). The van der Waals surface area contributed by atoms with Gasteiger partial charge in [0.25, 0.3) is 0 Å². The number of benzene rings is 1. The Bertz CT molecular complexity index is 611. The van der Waals surface area contributed by atoms with E-state index in [4.69, 9.17) is 25.5 Å². The van der Waals surface area contributed by atoms with Crippen LogP contribution in [0.5, 0.6) is 11.5 Å². The first-order valence-electron chi connectivity index (χ1n) is 5.67. The van der Waals surface area contributed by atoms with E-state index in [2.05, 4.69) is 15.9 Å². The lowest BCUT2D eigenvalue weighted by molar-refractivity contribution is 0.167. The molecule has 19 heavy (non-hydrogen) atoms. The molecule has 100 valence electrons. The molecular formula is C13H10BrClO4. The van der Waals surface area contributed by atoms with E-state index in [1.54, 1.807) is 24.3 Å². The third-order valence-corrected chi connectivity index (χ3v) is 3.71. The first kappa shape index (κ1) is 12.8. The fraction of sp³-hybridized carbons (Fsp3) is 0.231. The van der Waals surface area contributed by atoms with E-state index in [0.717, 1.165) is 4.47 Å². The summed E-state index contributed by atoms with van der Waals surface area (Å²) in [4.78, 5) is 0. The Morgan fingerprint density at radius 3 is 2.47 bits per heavy atom. The molecule has 4 nitrogen and oxygen atoms in total. The minimum atomic E-state index is -0.919. The predicted octanol–water partition coefficient (Wildman–Crippen LogP) is 3.55. The molecular weight excluding hydrogens is 335 g/mol. The van der Waals surface area contributed by atoms with Gasteiger partial charge in [0, 0.05) is 10.0 Å². The molecule has 1 aliphatic rings. The fourth-order valence-electron chi connectivity index (χ4n) is 1.92. The molecule has 0 radical (unpaired) electrons. The Balaban J connectivity index is 2.00. The molecule has 0 fully saturated rings. The monoisotopic (exact) mass is 344 g/mol. The van der Waals surface area contributed by atoms with Gasteiger partial charge in [-0.3, -0.25) is 0 Å². The van der Waals surface area contributed by atoms with Crippen molar-refractivity contribution in [2.75, 3.05) is 13.2 Å². The second kappa shape index (κ2) is 5.07. The highest BCUT2D eigenvalue weighted by atomic mass is 79.9. The molecule has 0 saturated heterocycles. The van der Waals surface area contributed by atoms with Gasteiger partial charge >= 0.3 is 0 Å². The van der Waals surface area contributed by atoms with Crippen molar-refractivity contribution < 1.29 is 19.0 Å². The Hall–Kier alpha value is -1.17. The Morgan fingerprint density at radius 2 is 1.84 bits per heavy atom. The van der Waals surface area contributed by atoms with Crippen molar-refractivity contribution in [1.29, 1.82) is 0 Å². The SMILES string of the molecule is OC(c1ccc(Cl)o1)c1cc2c(cc1Br)OCCO2. The highest BCUT2D eigenvalue weighted by Crippen LogP contribution is 2.39. The van der Waals surface area contributed by atoms with Crippen LogP contribution in [0, 0.1) is 0 Å². The van der Waals surface area contributed by atoms with Gasteiger partial charge in [-0.1, -0.05) is 15.9 Å². The quantitative estimate of drug-likeness (QED) is 0.904. The molecule has 1 aliphatic heterocycles. The number of hydrogen-bond donors (Lipinski definition) is 1. The summed E-state index contributed by atoms with van der Waals surface area (Å²) in [5.74, 6) is 1.65. The van der Waals surface area contributed by atoms with Crippen LogP contribution in [-0.2, 0) is 0 Å². The van der Waals surface area contributed by atoms with E-state index in [-0.39, 0.29) is 5.22 Å². The molecule has 0 aliphatic carbocycles. The molecule has 1 aromatic heterocycles. The third-order valence-electron chi connectivity index (χ3n) is 2.82. The molecule has 0 saturated carbocycles. The van der Waals surface area contributed by atoms with Gasteiger partial charge in [0.15, 0.2) is 16.7 Å². The normalized spacial score (nSPS) is 15.3. The van der Waals surface area contributed by atoms with Gasteiger partial charge < -0.3 is 19.0 Å². The second-order valence-electron chi connectivity index (χ2n) is 4.06. The lowest BCUT2D eigenvalue weighted by Gasteiger charge is -2.21. The lowest BCUT2D eigenvalue weighted by Crippen LogP contribution is -2.16. The molecule has 0 spiro atoms. The van der Waals surface area contributed by atoms with Crippen LogP contribution in [0.1, 0.15) is 17.4 Å². The van der Waals surface area contributed by atoms with Crippen LogP contribution in [-0.4, -0.2) is 18.3 Å². The van der Waals surface area contributed by atoms with E-state index >= 15 is 0 Å². The molecule has 1 N–H and O–H groups in total. The summed E-state index contributed by atoms with van der Waals surface area (Å²) < 4.78 is 16.9. The van der Waals surface area contributed by atoms with Gasteiger partial charge in [-0.15, -0.1) is 0 Å². The maximum atomic E-state index is 10.3. The molecule has 1 unspecified atom stereocenters. The average molecular weight is 346 g/mol. The second-order valence-corrected chi connectivity index (χ2v) is 5.29. The molecule has 2 heterocycles. The van der Waals surface area contributed by atoms with Gasteiger partial charge in [0.1, 0.15) is 25.1 Å². The van der Waals surface area contributed by atoms with Crippen molar-refractivity contribution >= 4 is 27.5 Å². The molecule has 1 atom stereocenters. The number of halogens is 2. The van der Waals surface area contributed by atoms with Crippen molar-refractivity contribution in [3.05, 3.63) is 45.3 Å². The zero-order chi connectivity index (χ0) is 13.4. The van der Waals surface area contributed by atoms with E-state index in [9.17, 15) is 5.11 Å². The van der Waals surface area contributed by atoms with E-state index in [1.165, 1.54) is 0 Å². The summed E-state index contributed by atoms with van der Waals surface area (Å²) >= 11 is 9.12. The summed E-state index contributed by atoms with van der Waals surface area (Å²) in [5, 5.41) is 10.5. The summed E-state index contributed by atoms with van der Waals surface area (Å²) in [6, 6.07) is 6.74. The van der Waals surface area contributed by atoms with Crippen LogP contribution < -0.4 is 9.47 Å². The van der Waals surface area contributed by atoms with Crippen LogP contribution in [0.3, 0.4) is 0 Å². The largest absolute Gasteiger partial charge is 0.486 e. The number of aliphatic hydroxyl groups is 1. The summed E-state index contributed by atoms with van der Waals surface area (Å²) in [6.07, 6.45) is -0.919. The summed E-state index contributed by atoms with van der Waals surface area (Å²) in [5.41, 5.74) is 0.635. The van der Waals surface area contributed by atoms with Crippen molar-refractivity contribution in [3.63, 3.8) is 0 Å². The Kier molecular flexibility index (Phi) is 3.43. The standard InChI is InChI=1S/C13H10BrClO4/c14-8-6-11-10(17-3-4-18-11)5-7(8)13(16)9-1-2-12(15)19-9/h1-2,5-6,13,16H,3-4H2. The summed E-state index contributed by atoms with van der Waals surface area (Å²) in [7, 11) is 0. The number of fused-ring (bicyclic) bond motifs is 1. The van der Waals surface area contributed by atoms with Gasteiger partial charge in [-0.25, -0.2) is 0 Å². The zero-order valence-corrected chi connectivity index (χ0v) is 12.1. The zero-order valence-electron chi connectivity index (χ0n) is 9.73. The Labute approximate surface area is 123 Å². The third kappa shape index (κ3) is 2.45. The lowest BCUT2D eigenvalue weighted by atomic mass is 10.1. The van der Waals surface area contributed by atoms with Crippen LogP contribution in [0.25, 0.3) is 0 Å². The average Bonchev–Trinajstić information content (AvgIpc) is 2.84. The van der Waals surface area contributed by atoms with Crippen LogP contribution in [0.2, 0.25) is 5.22 Å². The number of aliphatic hydroxyl groups excluding tert-OH is 1. The van der Waals surface area contributed by atoms with Crippen LogP contribution in [0.4, 0.5) is 0 Å². The van der Waals surface area contributed by atoms with Crippen LogP contribution >= 0.6 is 27.5 Å². The van der Waals surface area contributed by atoms with Crippen molar-refractivity contribution in [1.82, 2.24) is 0 Å². The smallest absolute Gasteiger partial charge is 0.193 e. The highest BCUT2D eigenvalue weighted by molar-refractivity contribution is 9.10.